The molecule has 1 N–H and O–H groups in total. The van der Waals surface area contributed by atoms with Crippen LogP contribution >= 0.6 is 11.6 Å². The van der Waals surface area contributed by atoms with Crippen LogP contribution in [0.3, 0.4) is 0 Å². The van der Waals surface area contributed by atoms with Gasteiger partial charge in [-0.3, -0.25) is 9.59 Å². The molecule has 1 aliphatic rings. The van der Waals surface area contributed by atoms with Gasteiger partial charge >= 0.3 is 0 Å². The highest BCUT2D eigenvalue weighted by Gasteiger charge is 2.21. The third kappa shape index (κ3) is 4.56. The van der Waals surface area contributed by atoms with E-state index in [4.69, 9.17) is 11.6 Å². The summed E-state index contributed by atoms with van der Waals surface area (Å²) in [5.41, 5.74) is 0.549. The van der Waals surface area contributed by atoms with Crippen LogP contribution in [0.15, 0.2) is 47.4 Å². The predicted molar refractivity (Wildman–Crippen MR) is 113 cm³/mol. The number of para-hydroxylation sites is 1. The van der Waals surface area contributed by atoms with E-state index in [-0.39, 0.29) is 11.5 Å². The zero-order valence-corrected chi connectivity index (χ0v) is 16.7. The van der Waals surface area contributed by atoms with Gasteiger partial charge in [0, 0.05) is 45.2 Å². The molecule has 8 heteroatoms. The summed E-state index contributed by atoms with van der Waals surface area (Å²) in [7, 11) is 0. The van der Waals surface area contributed by atoms with Gasteiger partial charge in [0.25, 0.3) is 5.56 Å². The summed E-state index contributed by atoms with van der Waals surface area (Å²) < 4.78 is 0. The molecule has 0 aliphatic carbocycles. The normalized spacial score (nSPS) is 14.4. The number of piperazine rings is 1. The number of hydrogen-bond donors (Lipinski definition) is 1. The number of hydrogen-bond acceptors (Lipinski definition) is 5. The molecule has 2 aromatic heterocycles. The molecule has 0 unspecified atom stereocenters. The second kappa shape index (κ2) is 8.61. The highest BCUT2D eigenvalue weighted by atomic mass is 35.5. The summed E-state index contributed by atoms with van der Waals surface area (Å²) in [5.74, 6) is 1.64. The minimum absolute atomic E-state index is 0.135. The maximum atomic E-state index is 12.5. The van der Waals surface area contributed by atoms with E-state index >= 15 is 0 Å². The molecule has 0 bridgehead atoms. The number of nitrogens with one attached hydrogen (secondary N) is 1. The van der Waals surface area contributed by atoms with Crippen molar-refractivity contribution in [1.82, 2.24) is 19.9 Å². The molecule has 4 rings (SSSR count). The van der Waals surface area contributed by atoms with Crippen molar-refractivity contribution in [2.75, 3.05) is 31.1 Å². The van der Waals surface area contributed by atoms with Crippen LogP contribution in [-0.2, 0) is 11.2 Å². The third-order valence-corrected chi connectivity index (χ3v) is 5.36. The first-order valence-electron chi connectivity index (χ1n) is 9.72. The van der Waals surface area contributed by atoms with Gasteiger partial charge in [-0.15, -0.1) is 0 Å². The average Bonchev–Trinajstić information content (AvgIpc) is 2.74. The predicted octanol–water partition coefficient (Wildman–Crippen LogP) is 2.64. The fourth-order valence-corrected chi connectivity index (χ4v) is 3.67. The average molecular weight is 412 g/mol. The van der Waals surface area contributed by atoms with Crippen LogP contribution in [-0.4, -0.2) is 51.9 Å². The van der Waals surface area contributed by atoms with E-state index < -0.39 is 0 Å². The number of H-pyrrole nitrogens is 1. The molecule has 1 aromatic carbocycles. The highest BCUT2D eigenvalue weighted by molar-refractivity contribution is 6.30. The van der Waals surface area contributed by atoms with E-state index in [1.807, 2.05) is 35.2 Å². The third-order valence-electron chi connectivity index (χ3n) is 5.13. The Labute approximate surface area is 173 Å². The first-order valence-corrected chi connectivity index (χ1v) is 10.1. The van der Waals surface area contributed by atoms with Crippen molar-refractivity contribution in [1.29, 1.82) is 0 Å². The van der Waals surface area contributed by atoms with Gasteiger partial charge in [0.2, 0.25) is 5.91 Å². The number of amides is 1. The van der Waals surface area contributed by atoms with Crippen LogP contribution in [0.2, 0.25) is 5.02 Å². The monoisotopic (exact) mass is 411 g/mol. The number of nitrogens with zero attached hydrogens (tertiary/aromatic N) is 4. The number of anilines is 1. The molecule has 1 fully saturated rings. The molecule has 7 nitrogen and oxygen atoms in total. The molecule has 150 valence electrons. The van der Waals surface area contributed by atoms with Crippen LogP contribution in [0.5, 0.6) is 0 Å². The fourth-order valence-electron chi connectivity index (χ4n) is 3.56. The lowest BCUT2D eigenvalue weighted by molar-refractivity contribution is -0.131. The van der Waals surface area contributed by atoms with Crippen molar-refractivity contribution < 1.29 is 4.79 Å². The lowest BCUT2D eigenvalue weighted by atomic mass is 10.2. The molecule has 1 amide bonds. The molecule has 29 heavy (non-hydrogen) atoms. The Hall–Kier alpha value is -2.93. The zero-order valence-electron chi connectivity index (χ0n) is 16.0. The first-order chi connectivity index (χ1) is 14.1. The van der Waals surface area contributed by atoms with Gasteiger partial charge in [-0.25, -0.2) is 9.97 Å². The van der Waals surface area contributed by atoms with Crippen molar-refractivity contribution in [3.05, 3.63) is 63.8 Å². The van der Waals surface area contributed by atoms with Crippen LogP contribution < -0.4 is 10.5 Å². The minimum Gasteiger partial charge on any atom is -0.353 e. The summed E-state index contributed by atoms with van der Waals surface area (Å²) in [6.45, 7) is 2.85. The Bertz CT molecular complexity index is 1060. The molecule has 0 spiro atoms. The summed E-state index contributed by atoms with van der Waals surface area (Å²) in [6, 6.07) is 11.0. The Kier molecular flexibility index (Phi) is 5.76. The minimum atomic E-state index is -0.135. The lowest BCUT2D eigenvalue weighted by Crippen LogP contribution is -2.49. The van der Waals surface area contributed by atoms with Gasteiger partial charge in [0.15, 0.2) is 0 Å². The number of carbonyl (C=O) groups is 1. The summed E-state index contributed by atoms with van der Waals surface area (Å²) in [4.78, 5) is 40.4. The maximum absolute atomic E-state index is 12.5. The quantitative estimate of drug-likeness (QED) is 0.697. The number of halogens is 1. The van der Waals surface area contributed by atoms with E-state index in [1.165, 1.54) is 0 Å². The standard InChI is InChI=1S/C21H22ClN5O2/c22-15-8-9-19(23-14-15)26-10-12-27(13-11-26)20(28)7-3-6-18-24-17-5-2-1-4-16(17)21(29)25-18/h1-2,4-5,8-9,14H,3,6-7,10-13H2,(H,24,25,29). The first kappa shape index (κ1) is 19.4. The number of rotatable bonds is 5. The number of benzene rings is 1. The van der Waals surface area contributed by atoms with Crippen molar-refractivity contribution >= 4 is 34.2 Å². The van der Waals surface area contributed by atoms with Crippen molar-refractivity contribution in [3.8, 4) is 0 Å². The molecule has 0 radical (unpaired) electrons. The van der Waals surface area contributed by atoms with Gasteiger partial charge in [-0.2, -0.15) is 0 Å². The van der Waals surface area contributed by atoms with Gasteiger partial charge in [0.1, 0.15) is 11.6 Å². The van der Waals surface area contributed by atoms with E-state index in [2.05, 4.69) is 19.9 Å². The van der Waals surface area contributed by atoms with Crippen LogP contribution in [0.25, 0.3) is 10.9 Å². The smallest absolute Gasteiger partial charge is 0.258 e. The van der Waals surface area contributed by atoms with Gasteiger partial charge in [0.05, 0.1) is 15.9 Å². The summed E-state index contributed by atoms with van der Waals surface area (Å²) in [6.07, 6.45) is 3.30. The second-order valence-corrected chi connectivity index (χ2v) is 7.52. The Balaban J connectivity index is 1.27. The van der Waals surface area contributed by atoms with Crippen LogP contribution in [0.1, 0.15) is 18.7 Å². The molecular formula is C21H22ClN5O2. The summed E-state index contributed by atoms with van der Waals surface area (Å²) in [5, 5.41) is 1.20. The van der Waals surface area contributed by atoms with Crippen molar-refractivity contribution in [3.63, 3.8) is 0 Å². The van der Waals surface area contributed by atoms with Gasteiger partial charge in [-0.1, -0.05) is 23.7 Å². The number of pyridine rings is 1. The number of carbonyl (C=O) groups excluding carboxylic acids is 1. The Morgan fingerprint density at radius 1 is 1.10 bits per heavy atom. The number of fused-ring (bicyclic) bond motifs is 1. The largest absolute Gasteiger partial charge is 0.353 e. The molecule has 1 saturated heterocycles. The van der Waals surface area contributed by atoms with Crippen molar-refractivity contribution in [2.24, 2.45) is 0 Å². The topological polar surface area (TPSA) is 82.2 Å². The lowest BCUT2D eigenvalue weighted by Gasteiger charge is -2.35. The molecule has 3 heterocycles. The van der Waals surface area contributed by atoms with Gasteiger partial charge in [-0.05, 0) is 30.7 Å². The molecule has 0 saturated carbocycles. The number of aromatic amines is 1. The summed E-state index contributed by atoms with van der Waals surface area (Å²) >= 11 is 5.89. The second-order valence-electron chi connectivity index (χ2n) is 7.09. The number of aromatic nitrogens is 3. The molecule has 3 aromatic rings. The molecule has 1 aliphatic heterocycles. The van der Waals surface area contributed by atoms with E-state index in [0.717, 1.165) is 18.9 Å². The Morgan fingerprint density at radius 3 is 2.66 bits per heavy atom. The van der Waals surface area contributed by atoms with E-state index in [1.54, 1.807) is 12.3 Å². The van der Waals surface area contributed by atoms with Gasteiger partial charge < -0.3 is 14.8 Å². The van der Waals surface area contributed by atoms with Crippen molar-refractivity contribution in [2.45, 2.75) is 19.3 Å². The van der Waals surface area contributed by atoms with Crippen LogP contribution in [0.4, 0.5) is 5.82 Å². The van der Waals surface area contributed by atoms with E-state index in [0.29, 0.717) is 54.1 Å². The fraction of sp³-hybridized carbons (Fsp3) is 0.333. The zero-order chi connectivity index (χ0) is 20.2. The SMILES string of the molecule is O=C(CCCc1nc2ccccc2c(=O)[nH]1)N1CCN(c2ccc(Cl)cn2)CC1. The number of aryl methyl sites for hydroxylation is 1. The molecule has 0 atom stereocenters. The maximum Gasteiger partial charge on any atom is 0.258 e. The highest BCUT2D eigenvalue weighted by Crippen LogP contribution is 2.17. The van der Waals surface area contributed by atoms with E-state index in [9.17, 15) is 9.59 Å². The van der Waals surface area contributed by atoms with Crippen LogP contribution in [0, 0.1) is 0 Å². The molecular weight excluding hydrogens is 390 g/mol. The Morgan fingerprint density at radius 2 is 1.90 bits per heavy atom.